The first kappa shape index (κ1) is 26.2. The van der Waals surface area contributed by atoms with E-state index in [0.29, 0.717) is 10.0 Å². The van der Waals surface area contributed by atoms with Crippen LogP contribution in [0.15, 0.2) is 64.3 Å². The fourth-order valence-electron chi connectivity index (χ4n) is 3.77. The van der Waals surface area contributed by atoms with Gasteiger partial charge in [0, 0.05) is 21.8 Å². The van der Waals surface area contributed by atoms with Crippen LogP contribution in [0, 0.1) is 18.3 Å². The maximum atomic E-state index is 12.8. The lowest BCUT2D eigenvalue weighted by Gasteiger charge is -2.23. The summed E-state index contributed by atoms with van der Waals surface area (Å²) >= 11 is 11.7. The molecule has 1 N–H and O–H groups in total. The average Bonchev–Trinajstić information content (AvgIpc) is 3.23. The molecule has 3 aromatic rings. The van der Waals surface area contributed by atoms with Crippen molar-refractivity contribution in [2.75, 3.05) is 6.61 Å². The van der Waals surface area contributed by atoms with Crippen LogP contribution in [0.2, 0.25) is 10.0 Å². The lowest BCUT2D eigenvalue weighted by Crippen LogP contribution is -2.44. The van der Waals surface area contributed by atoms with Gasteiger partial charge in [-0.25, -0.2) is 14.4 Å². The number of ether oxygens (including phenoxy) is 3. The SMILES string of the molecule is Cc1cn([C@]2(C#N)C[C@H](OC(=O)c3ccc(Cl)cc3)[C@@H](COC(=O)c3ccc(Cl)cc3)O2)c(=O)[nH]c1=O. The number of nitriles is 1. The largest absolute Gasteiger partial charge is 0.459 e. The molecule has 0 spiro atoms. The Morgan fingerprint density at radius 2 is 1.65 bits per heavy atom. The molecule has 1 saturated heterocycles. The molecule has 0 aliphatic carbocycles. The van der Waals surface area contributed by atoms with Gasteiger partial charge >= 0.3 is 17.6 Å². The highest BCUT2D eigenvalue weighted by molar-refractivity contribution is 6.31. The summed E-state index contributed by atoms with van der Waals surface area (Å²) in [6.45, 7) is 1.05. The normalized spacial score (nSPS) is 20.7. The number of rotatable bonds is 6. The van der Waals surface area contributed by atoms with Crippen LogP contribution in [-0.2, 0) is 19.9 Å². The first-order valence-corrected chi connectivity index (χ1v) is 11.7. The van der Waals surface area contributed by atoms with Gasteiger partial charge in [0.25, 0.3) is 5.56 Å². The number of carbonyl (C=O) groups excluding carboxylic acids is 2. The lowest BCUT2D eigenvalue weighted by molar-refractivity contribution is -0.0899. The Labute approximate surface area is 219 Å². The van der Waals surface area contributed by atoms with Crippen molar-refractivity contribution < 1.29 is 23.8 Å². The number of carbonyl (C=O) groups is 2. The molecule has 2 aromatic carbocycles. The highest BCUT2D eigenvalue weighted by Gasteiger charge is 2.51. The predicted octanol–water partition coefficient (Wildman–Crippen LogP) is 3.20. The lowest BCUT2D eigenvalue weighted by atomic mass is 10.1. The Morgan fingerprint density at radius 3 is 2.22 bits per heavy atom. The number of benzene rings is 2. The molecular weight excluding hydrogens is 525 g/mol. The molecule has 1 fully saturated rings. The first-order chi connectivity index (χ1) is 17.6. The molecule has 4 rings (SSSR count). The van der Waals surface area contributed by atoms with Gasteiger partial charge in [-0.3, -0.25) is 14.3 Å². The molecule has 1 aliphatic heterocycles. The summed E-state index contributed by atoms with van der Waals surface area (Å²) in [5.41, 5.74) is -2.90. The molecule has 1 aromatic heterocycles. The van der Waals surface area contributed by atoms with Crippen LogP contribution in [-0.4, -0.2) is 40.3 Å². The molecule has 12 heteroatoms. The number of aromatic nitrogens is 2. The van der Waals surface area contributed by atoms with E-state index >= 15 is 0 Å². The maximum Gasteiger partial charge on any atom is 0.338 e. The topological polar surface area (TPSA) is 140 Å². The Bertz CT molecular complexity index is 1490. The summed E-state index contributed by atoms with van der Waals surface area (Å²) in [4.78, 5) is 51.9. The third-order valence-corrected chi connectivity index (χ3v) is 6.22. The summed E-state index contributed by atoms with van der Waals surface area (Å²) in [6.07, 6.45) is -1.31. The quantitative estimate of drug-likeness (QED) is 0.467. The van der Waals surface area contributed by atoms with Crippen molar-refractivity contribution in [3.05, 3.63) is 102 Å². The van der Waals surface area contributed by atoms with Crippen molar-refractivity contribution in [3.63, 3.8) is 0 Å². The number of halogens is 2. The molecule has 190 valence electrons. The minimum absolute atomic E-state index is 0.158. The molecule has 0 saturated carbocycles. The van der Waals surface area contributed by atoms with E-state index < -0.39 is 47.7 Å². The van der Waals surface area contributed by atoms with Gasteiger partial charge in [-0.1, -0.05) is 23.2 Å². The predicted molar refractivity (Wildman–Crippen MR) is 132 cm³/mol. The average molecular weight is 544 g/mol. The first-order valence-electron chi connectivity index (χ1n) is 10.9. The number of hydrogen-bond donors (Lipinski definition) is 1. The van der Waals surface area contributed by atoms with E-state index in [1.807, 2.05) is 6.07 Å². The highest BCUT2D eigenvalue weighted by atomic mass is 35.5. The zero-order valence-corrected chi connectivity index (χ0v) is 20.8. The third-order valence-electron chi connectivity index (χ3n) is 5.72. The number of esters is 2. The molecule has 0 unspecified atom stereocenters. The van der Waals surface area contributed by atoms with Crippen LogP contribution in [0.3, 0.4) is 0 Å². The van der Waals surface area contributed by atoms with Crippen LogP contribution >= 0.6 is 23.2 Å². The van der Waals surface area contributed by atoms with Crippen molar-refractivity contribution in [3.8, 4) is 6.07 Å². The highest BCUT2D eigenvalue weighted by Crippen LogP contribution is 2.36. The molecule has 2 heterocycles. The Kier molecular flexibility index (Phi) is 7.50. The van der Waals surface area contributed by atoms with E-state index in [0.717, 1.165) is 4.57 Å². The van der Waals surface area contributed by atoms with Gasteiger partial charge in [0.15, 0.2) is 0 Å². The molecule has 3 atom stereocenters. The summed E-state index contributed by atoms with van der Waals surface area (Å²) < 4.78 is 17.8. The second-order valence-electron chi connectivity index (χ2n) is 8.25. The monoisotopic (exact) mass is 543 g/mol. The van der Waals surface area contributed by atoms with Crippen LogP contribution < -0.4 is 11.2 Å². The van der Waals surface area contributed by atoms with E-state index in [4.69, 9.17) is 37.4 Å². The van der Waals surface area contributed by atoms with Crippen molar-refractivity contribution >= 4 is 35.1 Å². The molecule has 37 heavy (non-hydrogen) atoms. The van der Waals surface area contributed by atoms with Crippen LogP contribution in [0.5, 0.6) is 0 Å². The zero-order valence-electron chi connectivity index (χ0n) is 19.3. The zero-order chi connectivity index (χ0) is 26.7. The van der Waals surface area contributed by atoms with Crippen molar-refractivity contribution in [1.29, 1.82) is 5.26 Å². The standard InChI is InChI=1S/C25H19Cl2N3O7/c1-14-11-30(24(34)29-21(14)31)25(13-28)10-19(36-23(33)16-4-8-18(27)9-5-16)20(37-25)12-35-22(32)15-2-6-17(26)7-3-15/h2-9,11,19-20H,10,12H2,1H3,(H,29,31,34)/t19-,20+,25+/m0/s1. The Hall–Kier alpha value is -3.91. The maximum absolute atomic E-state index is 12.8. The van der Waals surface area contributed by atoms with E-state index in [1.54, 1.807) is 0 Å². The number of H-pyrrole nitrogens is 1. The number of hydrogen-bond acceptors (Lipinski definition) is 8. The van der Waals surface area contributed by atoms with E-state index in [2.05, 4.69) is 4.98 Å². The molecule has 1 aliphatic rings. The minimum Gasteiger partial charge on any atom is -0.459 e. The number of nitrogens with one attached hydrogen (secondary N) is 1. The van der Waals surface area contributed by atoms with E-state index in [9.17, 15) is 24.4 Å². The van der Waals surface area contributed by atoms with Gasteiger partial charge in [-0.15, -0.1) is 0 Å². The summed E-state index contributed by atoms with van der Waals surface area (Å²) in [6, 6.07) is 13.9. The molecule has 0 bridgehead atoms. The smallest absolute Gasteiger partial charge is 0.338 e. The van der Waals surface area contributed by atoms with Crippen LogP contribution in [0.1, 0.15) is 32.7 Å². The fraction of sp³-hybridized carbons (Fsp3) is 0.240. The van der Waals surface area contributed by atoms with Gasteiger partial charge in [0.05, 0.1) is 17.5 Å². The number of nitrogens with zero attached hydrogens (tertiary/aromatic N) is 2. The molecule has 10 nitrogen and oxygen atoms in total. The van der Waals surface area contributed by atoms with E-state index in [-0.39, 0.29) is 23.1 Å². The van der Waals surface area contributed by atoms with Crippen LogP contribution in [0.4, 0.5) is 0 Å². The van der Waals surface area contributed by atoms with Gasteiger partial charge in [-0.05, 0) is 55.5 Å². The number of aryl methyl sites for hydroxylation is 1. The van der Waals surface area contributed by atoms with E-state index in [1.165, 1.54) is 61.7 Å². The van der Waals surface area contributed by atoms with Gasteiger partial charge in [0.1, 0.15) is 24.9 Å². The Balaban J connectivity index is 1.62. The van der Waals surface area contributed by atoms with Gasteiger partial charge in [0.2, 0.25) is 5.72 Å². The molecule has 0 amide bonds. The van der Waals surface area contributed by atoms with Gasteiger partial charge in [-0.2, -0.15) is 5.26 Å². The second kappa shape index (κ2) is 10.6. The fourth-order valence-corrected chi connectivity index (χ4v) is 4.02. The summed E-state index contributed by atoms with van der Waals surface area (Å²) in [5, 5.41) is 10.9. The summed E-state index contributed by atoms with van der Waals surface area (Å²) in [5.74, 6) is -1.44. The third kappa shape index (κ3) is 5.59. The summed E-state index contributed by atoms with van der Waals surface area (Å²) in [7, 11) is 0. The molecular formula is C25H19Cl2N3O7. The van der Waals surface area contributed by atoms with Crippen molar-refractivity contribution in [2.45, 2.75) is 31.3 Å². The van der Waals surface area contributed by atoms with Gasteiger partial charge < -0.3 is 14.2 Å². The Morgan fingerprint density at radius 1 is 1.08 bits per heavy atom. The number of aromatic amines is 1. The van der Waals surface area contributed by atoms with Crippen molar-refractivity contribution in [2.24, 2.45) is 0 Å². The molecule has 0 radical (unpaired) electrons. The second-order valence-corrected chi connectivity index (χ2v) is 9.13. The van der Waals surface area contributed by atoms with Crippen molar-refractivity contribution in [1.82, 2.24) is 9.55 Å². The minimum atomic E-state index is -1.95. The van der Waals surface area contributed by atoms with Crippen LogP contribution in [0.25, 0.3) is 0 Å².